The molecule has 1 aromatic heterocycles. The van der Waals surface area contributed by atoms with E-state index in [4.69, 9.17) is 4.74 Å². The number of aliphatic hydroxyl groups is 1. The summed E-state index contributed by atoms with van der Waals surface area (Å²) in [4.78, 5) is 0. The van der Waals surface area contributed by atoms with Gasteiger partial charge in [-0.2, -0.15) is 5.10 Å². The number of benzene rings is 1. The molecule has 0 saturated carbocycles. The van der Waals surface area contributed by atoms with Gasteiger partial charge in [0.15, 0.2) is 0 Å². The smallest absolute Gasteiger partial charge is 0.130 e. The van der Waals surface area contributed by atoms with Crippen LogP contribution in [0.4, 0.5) is 0 Å². The van der Waals surface area contributed by atoms with Crippen LogP contribution in [-0.4, -0.2) is 14.9 Å². The van der Waals surface area contributed by atoms with Crippen molar-refractivity contribution in [1.82, 2.24) is 9.78 Å². The summed E-state index contributed by atoms with van der Waals surface area (Å²) in [5, 5.41) is 14.0. The molecule has 19 heavy (non-hydrogen) atoms. The van der Waals surface area contributed by atoms with E-state index in [2.05, 4.69) is 5.10 Å². The van der Waals surface area contributed by atoms with Crippen molar-refractivity contribution in [3.63, 3.8) is 0 Å². The number of hydrogen-bond acceptors (Lipinski definition) is 3. The van der Waals surface area contributed by atoms with Crippen molar-refractivity contribution in [3.05, 3.63) is 46.8 Å². The van der Waals surface area contributed by atoms with Crippen LogP contribution < -0.4 is 4.74 Å². The first-order chi connectivity index (χ1) is 8.97. The summed E-state index contributed by atoms with van der Waals surface area (Å²) in [6.45, 7) is 6.15. The fourth-order valence-corrected chi connectivity index (χ4v) is 2.06. The molecule has 0 amide bonds. The lowest BCUT2D eigenvalue weighted by Gasteiger charge is -2.14. The van der Waals surface area contributed by atoms with Gasteiger partial charge in [0.2, 0.25) is 0 Å². The normalized spacial score (nSPS) is 12.5. The van der Waals surface area contributed by atoms with Gasteiger partial charge in [-0.05, 0) is 38.5 Å². The van der Waals surface area contributed by atoms with Gasteiger partial charge in [-0.1, -0.05) is 12.1 Å². The maximum atomic E-state index is 9.75. The lowest BCUT2D eigenvalue weighted by Crippen LogP contribution is -2.05. The average molecular weight is 260 g/mol. The highest BCUT2D eigenvalue weighted by molar-refractivity contribution is 5.38. The Morgan fingerprint density at radius 2 is 2.05 bits per heavy atom. The number of nitrogens with zero attached hydrogens (tertiary/aromatic N) is 2. The second-order valence-corrected chi connectivity index (χ2v) is 4.91. The molecule has 0 aliphatic heterocycles. The zero-order valence-corrected chi connectivity index (χ0v) is 11.8. The van der Waals surface area contributed by atoms with Crippen molar-refractivity contribution in [2.24, 2.45) is 7.05 Å². The van der Waals surface area contributed by atoms with Crippen LogP contribution in [0.25, 0.3) is 0 Å². The lowest BCUT2D eigenvalue weighted by molar-refractivity contribution is 0.189. The third-order valence-electron chi connectivity index (χ3n) is 3.09. The maximum absolute atomic E-state index is 9.75. The molecule has 4 nitrogen and oxygen atoms in total. The summed E-state index contributed by atoms with van der Waals surface area (Å²) in [5.74, 6) is 0.730. The van der Waals surface area contributed by atoms with Gasteiger partial charge in [-0.25, -0.2) is 0 Å². The van der Waals surface area contributed by atoms with Crippen molar-refractivity contribution in [3.8, 4) is 5.75 Å². The fraction of sp³-hybridized carbons (Fsp3) is 0.400. The monoisotopic (exact) mass is 260 g/mol. The lowest BCUT2D eigenvalue weighted by atomic mass is 10.1. The Bertz CT molecular complexity index is 574. The predicted octanol–water partition coefficient (Wildman–Crippen LogP) is 2.67. The largest absolute Gasteiger partial charge is 0.487 e. The molecule has 1 heterocycles. The van der Waals surface area contributed by atoms with E-state index in [1.807, 2.05) is 49.8 Å². The highest BCUT2D eigenvalue weighted by Crippen LogP contribution is 2.27. The van der Waals surface area contributed by atoms with Gasteiger partial charge in [0, 0.05) is 12.6 Å². The Morgan fingerprint density at radius 1 is 1.32 bits per heavy atom. The summed E-state index contributed by atoms with van der Waals surface area (Å²) in [5.41, 5.74) is 3.90. The minimum Gasteiger partial charge on any atom is -0.487 e. The van der Waals surface area contributed by atoms with Gasteiger partial charge < -0.3 is 9.84 Å². The number of rotatable bonds is 4. The molecular weight excluding hydrogens is 240 g/mol. The molecule has 102 valence electrons. The van der Waals surface area contributed by atoms with Crippen LogP contribution >= 0.6 is 0 Å². The highest BCUT2D eigenvalue weighted by atomic mass is 16.5. The third kappa shape index (κ3) is 3.15. The molecule has 0 unspecified atom stereocenters. The van der Waals surface area contributed by atoms with E-state index in [-0.39, 0.29) is 0 Å². The quantitative estimate of drug-likeness (QED) is 0.919. The summed E-state index contributed by atoms with van der Waals surface area (Å²) in [6, 6.07) is 7.83. The van der Waals surface area contributed by atoms with Gasteiger partial charge in [-0.15, -0.1) is 0 Å². The number of aliphatic hydroxyl groups excluding tert-OH is 1. The Balaban J connectivity index is 2.19. The molecule has 0 saturated heterocycles. The standard InChI is InChI=1S/C15H20N2O2/c1-10-5-6-14(12(3)18)15(7-10)19-9-13-8-11(2)16-17(13)4/h5-8,12,18H,9H2,1-4H3/t12-/m1/s1. The van der Waals surface area contributed by atoms with Crippen LogP contribution in [0.2, 0.25) is 0 Å². The maximum Gasteiger partial charge on any atom is 0.130 e. The van der Waals surface area contributed by atoms with Crippen LogP contribution in [0.1, 0.15) is 35.5 Å². The summed E-state index contributed by atoms with van der Waals surface area (Å²) < 4.78 is 7.65. The molecule has 1 atom stereocenters. The van der Waals surface area contributed by atoms with Crippen molar-refractivity contribution in [2.75, 3.05) is 0 Å². The van der Waals surface area contributed by atoms with Gasteiger partial charge in [0.05, 0.1) is 17.5 Å². The third-order valence-corrected chi connectivity index (χ3v) is 3.09. The molecule has 0 fully saturated rings. The molecule has 0 bridgehead atoms. The van der Waals surface area contributed by atoms with Crippen LogP contribution in [-0.2, 0) is 13.7 Å². The van der Waals surface area contributed by atoms with Gasteiger partial charge in [0.1, 0.15) is 12.4 Å². The van der Waals surface area contributed by atoms with Crippen molar-refractivity contribution in [2.45, 2.75) is 33.5 Å². The fourth-order valence-electron chi connectivity index (χ4n) is 2.06. The Kier molecular flexibility index (Phi) is 3.90. The molecule has 1 N–H and O–H groups in total. The zero-order valence-electron chi connectivity index (χ0n) is 11.8. The van der Waals surface area contributed by atoms with E-state index in [0.717, 1.165) is 28.3 Å². The topological polar surface area (TPSA) is 47.3 Å². The van der Waals surface area contributed by atoms with E-state index >= 15 is 0 Å². The molecule has 1 aromatic carbocycles. The van der Waals surface area contributed by atoms with E-state index in [0.29, 0.717) is 6.61 Å². The van der Waals surface area contributed by atoms with E-state index in [9.17, 15) is 5.11 Å². The Morgan fingerprint density at radius 3 is 2.63 bits per heavy atom. The molecule has 0 radical (unpaired) electrons. The van der Waals surface area contributed by atoms with E-state index in [1.54, 1.807) is 6.92 Å². The molecule has 2 aromatic rings. The van der Waals surface area contributed by atoms with Crippen molar-refractivity contribution >= 4 is 0 Å². The van der Waals surface area contributed by atoms with E-state index in [1.165, 1.54) is 0 Å². The van der Waals surface area contributed by atoms with Crippen molar-refractivity contribution in [1.29, 1.82) is 0 Å². The molecule has 4 heteroatoms. The first-order valence-corrected chi connectivity index (χ1v) is 6.38. The molecular formula is C15H20N2O2. The SMILES string of the molecule is Cc1ccc([C@@H](C)O)c(OCc2cc(C)nn2C)c1. The minimum atomic E-state index is -0.538. The second-order valence-electron chi connectivity index (χ2n) is 4.91. The number of ether oxygens (including phenoxy) is 1. The van der Waals surface area contributed by atoms with Gasteiger partial charge in [-0.3, -0.25) is 4.68 Å². The first kappa shape index (κ1) is 13.6. The van der Waals surface area contributed by atoms with Crippen LogP contribution in [0, 0.1) is 13.8 Å². The molecule has 0 aliphatic rings. The van der Waals surface area contributed by atoms with Crippen LogP contribution in [0.5, 0.6) is 5.75 Å². The second kappa shape index (κ2) is 5.45. The van der Waals surface area contributed by atoms with E-state index < -0.39 is 6.10 Å². The number of aryl methyl sites for hydroxylation is 3. The van der Waals surface area contributed by atoms with Crippen molar-refractivity contribution < 1.29 is 9.84 Å². The van der Waals surface area contributed by atoms with Crippen LogP contribution in [0.15, 0.2) is 24.3 Å². The molecule has 2 rings (SSSR count). The van der Waals surface area contributed by atoms with Crippen LogP contribution in [0.3, 0.4) is 0 Å². The number of aromatic nitrogens is 2. The number of hydrogen-bond donors (Lipinski definition) is 1. The molecule has 0 spiro atoms. The zero-order chi connectivity index (χ0) is 14.0. The average Bonchev–Trinajstić information content (AvgIpc) is 2.65. The van der Waals surface area contributed by atoms with Gasteiger partial charge in [0.25, 0.3) is 0 Å². The predicted molar refractivity (Wildman–Crippen MR) is 74.1 cm³/mol. The summed E-state index contributed by atoms with van der Waals surface area (Å²) in [6.07, 6.45) is -0.538. The Hall–Kier alpha value is -1.81. The Labute approximate surface area is 113 Å². The summed E-state index contributed by atoms with van der Waals surface area (Å²) in [7, 11) is 1.90. The summed E-state index contributed by atoms with van der Waals surface area (Å²) >= 11 is 0. The molecule has 0 aliphatic carbocycles. The minimum absolute atomic E-state index is 0.445. The highest BCUT2D eigenvalue weighted by Gasteiger charge is 2.10. The van der Waals surface area contributed by atoms with Gasteiger partial charge >= 0.3 is 0 Å². The first-order valence-electron chi connectivity index (χ1n) is 6.38.